The average molecular weight is 456 g/mol. The van der Waals surface area contributed by atoms with Crippen molar-refractivity contribution in [3.8, 4) is 17.6 Å². The monoisotopic (exact) mass is 455 g/mol. The number of nitrogens with zero attached hydrogens (tertiary/aromatic N) is 1. The van der Waals surface area contributed by atoms with E-state index in [4.69, 9.17) is 26.3 Å². The van der Waals surface area contributed by atoms with Gasteiger partial charge in [-0.05, 0) is 48.4 Å². The standard InChI is InChI=1S/C18H15ClINO3/c1-2-23-18(22)9-12-3-4-16(19)17(8-12)24-15-6-13(10-20)5-14(7-15)11-21/h3-8H,2,9-10H2,1H3. The van der Waals surface area contributed by atoms with Crippen molar-refractivity contribution in [2.24, 2.45) is 0 Å². The number of benzene rings is 2. The molecule has 0 N–H and O–H groups in total. The van der Waals surface area contributed by atoms with Crippen molar-refractivity contribution in [2.45, 2.75) is 17.8 Å². The van der Waals surface area contributed by atoms with Crippen LogP contribution in [-0.4, -0.2) is 12.6 Å². The van der Waals surface area contributed by atoms with Crippen LogP contribution in [0.4, 0.5) is 0 Å². The minimum absolute atomic E-state index is 0.151. The highest BCUT2D eigenvalue weighted by atomic mass is 127. The van der Waals surface area contributed by atoms with Gasteiger partial charge in [-0.15, -0.1) is 0 Å². The molecule has 0 heterocycles. The summed E-state index contributed by atoms with van der Waals surface area (Å²) >= 11 is 8.41. The van der Waals surface area contributed by atoms with Crippen molar-refractivity contribution in [1.29, 1.82) is 5.26 Å². The molecular weight excluding hydrogens is 441 g/mol. The fraction of sp³-hybridized carbons (Fsp3) is 0.222. The summed E-state index contributed by atoms with van der Waals surface area (Å²) in [6.07, 6.45) is 0.151. The van der Waals surface area contributed by atoms with Crippen molar-refractivity contribution >= 4 is 40.2 Å². The first kappa shape index (κ1) is 18.6. The molecular formula is C18H15ClINO3. The number of alkyl halides is 1. The fourth-order valence-electron chi connectivity index (χ4n) is 2.10. The molecule has 124 valence electrons. The Bertz CT molecular complexity index is 786. The molecule has 0 aliphatic rings. The van der Waals surface area contributed by atoms with Crippen LogP contribution in [0.25, 0.3) is 0 Å². The molecule has 0 spiro atoms. The summed E-state index contributed by atoms with van der Waals surface area (Å²) in [6.45, 7) is 2.11. The normalized spacial score (nSPS) is 10.1. The highest BCUT2D eigenvalue weighted by Crippen LogP contribution is 2.32. The molecule has 4 nitrogen and oxygen atoms in total. The van der Waals surface area contributed by atoms with E-state index in [2.05, 4.69) is 28.7 Å². The lowest BCUT2D eigenvalue weighted by molar-refractivity contribution is -0.142. The molecule has 2 aromatic carbocycles. The van der Waals surface area contributed by atoms with Gasteiger partial charge in [0.1, 0.15) is 11.5 Å². The van der Waals surface area contributed by atoms with Gasteiger partial charge in [0.25, 0.3) is 0 Å². The van der Waals surface area contributed by atoms with E-state index in [1.165, 1.54) is 0 Å². The van der Waals surface area contributed by atoms with E-state index in [9.17, 15) is 4.79 Å². The molecule has 0 amide bonds. The molecule has 0 radical (unpaired) electrons. The van der Waals surface area contributed by atoms with E-state index in [0.717, 1.165) is 15.6 Å². The van der Waals surface area contributed by atoms with Gasteiger partial charge in [-0.3, -0.25) is 4.79 Å². The molecule has 0 unspecified atom stereocenters. The smallest absolute Gasteiger partial charge is 0.310 e. The van der Waals surface area contributed by atoms with Gasteiger partial charge in [-0.25, -0.2) is 0 Å². The Kier molecular flexibility index (Phi) is 6.88. The van der Waals surface area contributed by atoms with Gasteiger partial charge in [0, 0.05) is 4.43 Å². The van der Waals surface area contributed by atoms with Crippen LogP contribution < -0.4 is 4.74 Å². The molecule has 0 aliphatic heterocycles. The molecule has 24 heavy (non-hydrogen) atoms. The second kappa shape index (κ2) is 8.90. The number of ether oxygens (including phenoxy) is 2. The van der Waals surface area contributed by atoms with Crippen LogP contribution in [0, 0.1) is 11.3 Å². The summed E-state index contributed by atoms with van der Waals surface area (Å²) in [5.41, 5.74) is 2.26. The Morgan fingerprint density at radius 1 is 1.25 bits per heavy atom. The van der Waals surface area contributed by atoms with Crippen LogP contribution in [0.1, 0.15) is 23.6 Å². The lowest BCUT2D eigenvalue weighted by Gasteiger charge is -2.11. The van der Waals surface area contributed by atoms with Crippen LogP contribution in [0.2, 0.25) is 5.02 Å². The number of carbonyl (C=O) groups excluding carboxylic acids is 1. The average Bonchev–Trinajstić information content (AvgIpc) is 2.57. The highest BCUT2D eigenvalue weighted by molar-refractivity contribution is 14.1. The third-order valence-corrected chi connectivity index (χ3v) is 4.32. The zero-order valence-corrected chi connectivity index (χ0v) is 15.9. The van der Waals surface area contributed by atoms with E-state index in [-0.39, 0.29) is 12.4 Å². The number of halogens is 2. The number of nitriles is 1. The molecule has 2 rings (SSSR count). The zero-order valence-electron chi connectivity index (χ0n) is 13.0. The van der Waals surface area contributed by atoms with E-state index in [1.54, 1.807) is 31.2 Å². The lowest BCUT2D eigenvalue weighted by Crippen LogP contribution is -2.07. The van der Waals surface area contributed by atoms with Crippen LogP contribution in [0.3, 0.4) is 0 Å². The fourth-order valence-corrected chi connectivity index (χ4v) is 2.70. The van der Waals surface area contributed by atoms with Crippen molar-refractivity contribution in [3.05, 3.63) is 58.1 Å². The molecule has 0 saturated carbocycles. The molecule has 6 heteroatoms. The Hall–Kier alpha value is -1.78. The number of esters is 1. The first-order valence-corrected chi connectivity index (χ1v) is 9.18. The zero-order chi connectivity index (χ0) is 17.5. The summed E-state index contributed by atoms with van der Waals surface area (Å²) < 4.78 is 11.5. The van der Waals surface area contributed by atoms with Gasteiger partial charge >= 0.3 is 5.97 Å². The van der Waals surface area contributed by atoms with Crippen molar-refractivity contribution in [2.75, 3.05) is 6.61 Å². The van der Waals surface area contributed by atoms with E-state index in [0.29, 0.717) is 28.7 Å². The second-order valence-corrected chi connectivity index (χ2v) is 6.13. The van der Waals surface area contributed by atoms with E-state index >= 15 is 0 Å². The Morgan fingerprint density at radius 2 is 2.04 bits per heavy atom. The third-order valence-electron chi connectivity index (χ3n) is 3.13. The number of carbonyl (C=O) groups is 1. The van der Waals surface area contributed by atoms with Gasteiger partial charge in [0.05, 0.1) is 29.7 Å². The molecule has 0 aromatic heterocycles. The molecule has 0 fully saturated rings. The van der Waals surface area contributed by atoms with Gasteiger partial charge in [0.15, 0.2) is 0 Å². The first-order chi connectivity index (χ1) is 11.5. The predicted octanol–water partition coefficient (Wildman–Crippen LogP) is 5.04. The molecule has 0 bridgehead atoms. The largest absolute Gasteiger partial charge is 0.466 e. The Morgan fingerprint density at radius 3 is 2.71 bits per heavy atom. The summed E-state index contributed by atoms with van der Waals surface area (Å²) in [5.74, 6) is 0.674. The quantitative estimate of drug-likeness (QED) is 0.348. The summed E-state index contributed by atoms with van der Waals surface area (Å²) in [4.78, 5) is 11.6. The topological polar surface area (TPSA) is 59.3 Å². The van der Waals surface area contributed by atoms with Crippen LogP contribution in [0.15, 0.2) is 36.4 Å². The van der Waals surface area contributed by atoms with Gasteiger partial charge in [0.2, 0.25) is 0 Å². The summed E-state index contributed by atoms with van der Waals surface area (Å²) in [5, 5.41) is 9.54. The van der Waals surface area contributed by atoms with Crippen LogP contribution in [0.5, 0.6) is 11.5 Å². The van der Waals surface area contributed by atoms with Crippen molar-refractivity contribution < 1.29 is 14.3 Å². The molecule has 0 atom stereocenters. The summed E-state index contributed by atoms with van der Waals surface area (Å²) in [7, 11) is 0. The van der Waals surface area contributed by atoms with Crippen molar-refractivity contribution in [3.63, 3.8) is 0 Å². The maximum atomic E-state index is 11.6. The maximum Gasteiger partial charge on any atom is 0.310 e. The van der Waals surface area contributed by atoms with E-state index in [1.807, 2.05) is 12.1 Å². The number of hydrogen-bond acceptors (Lipinski definition) is 4. The Balaban J connectivity index is 2.26. The highest BCUT2D eigenvalue weighted by Gasteiger charge is 2.10. The van der Waals surface area contributed by atoms with Crippen LogP contribution >= 0.6 is 34.2 Å². The predicted molar refractivity (Wildman–Crippen MR) is 101 cm³/mol. The van der Waals surface area contributed by atoms with E-state index < -0.39 is 0 Å². The maximum absolute atomic E-state index is 11.6. The van der Waals surface area contributed by atoms with Gasteiger partial charge in [-0.2, -0.15) is 5.26 Å². The van der Waals surface area contributed by atoms with Gasteiger partial charge < -0.3 is 9.47 Å². The van der Waals surface area contributed by atoms with Gasteiger partial charge in [-0.1, -0.05) is 40.3 Å². The second-order valence-electron chi connectivity index (χ2n) is 4.96. The minimum Gasteiger partial charge on any atom is -0.466 e. The molecule has 0 aliphatic carbocycles. The van der Waals surface area contributed by atoms with Crippen LogP contribution in [-0.2, 0) is 20.4 Å². The third kappa shape index (κ3) is 5.11. The number of hydrogen-bond donors (Lipinski definition) is 0. The first-order valence-electron chi connectivity index (χ1n) is 7.27. The van der Waals surface area contributed by atoms with Crippen molar-refractivity contribution in [1.82, 2.24) is 0 Å². The SMILES string of the molecule is CCOC(=O)Cc1ccc(Cl)c(Oc2cc(C#N)cc(CI)c2)c1. The number of rotatable bonds is 6. The minimum atomic E-state index is -0.301. The molecule has 0 saturated heterocycles. The summed E-state index contributed by atoms with van der Waals surface area (Å²) in [6, 6.07) is 12.6. The lowest BCUT2D eigenvalue weighted by atomic mass is 10.1. The molecule has 2 aromatic rings. The Labute approximate surface area is 159 Å².